The molecule has 1 aromatic carbocycles. The molecule has 0 bridgehead atoms. The molecule has 0 saturated heterocycles. The summed E-state index contributed by atoms with van der Waals surface area (Å²) in [6.07, 6.45) is 0. The third-order valence-electron chi connectivity index (χ3n) is 3.86. The summed E-state index contributed by atoms with van der Waals surface area (Å²) in [6.45, 7) is 1.98. The maximum atomic E-state index is 12.2. The first-order chi connectivity index (χ1) is 12.6. The van der Waals surface area contributed by atoms with Gasteiger partial charge in [0.05, 0.1) is 18.9 Å². The lowest BCUT2D eigenvalue weighted by molar-refractivity contribution is -0.119. The molecule has 0 spiro atoms. The van der Waals surface area contributed by atoms with Crippen LogP contribution in [0.15, 0.2) is 46.9 Å². The van der Waals surface area contributed by atoms with Crippen LogP contribution in [0.4, 0.5) is 0 Å². The normalized spacial score (nSPS) is 12.0. The first-order valence-electron chi connectivity index (χ1n) is 8.08. The van der Waals surface area contributed by atoms with E-state index in [0.717, 1.165) is 22.0 Å². The van der Waals surface area contributed by atoms with E-state index in [1.165, 1.54) is 11.8 Å². The Labute approximate surface area is 160 Å². The number of thiophene rings is 1. The van der Waals surface area contributed by atoms with Crippen LogP contribution in [0.5, 0.6) is 5.75 Å². The Morgan fingerprint density at radius 3 is 2.73 bits per heavy atom. The molecule has 3 rings (SSSR count). The van der Waals surface area contributed by atoms with E-state index < -0.39 is 0 Å². The lowest BCUT2D eigenvalue weighted by Crippen LogP contribution is -2.27. The maximum absolute atomic E-state index is 12.2. The summed E-state index contributed by atoms with van der Waals surface area (Å²) in [6, 6.07) is 11.7. The fourth-order valence-corrected chi connectivity index (χ4v) is 3.91. The van der Waals surface area contributed by atoms with Gasteiger partial charge >= 0.3 is 0 Å². The van der Waals surface area contributed by atoms with Crippen molar-refractivity contribution in [3.63, 3.8) is 0 Å². The topological polar surface area (TPSA) is 69.0 Å². The second-order valence-corrected chi connectivity index (χ2v) is 7.61. The smallest absolute Gasteiger partial charge is 0.230 e. The molecule has 0 radical (unpaired) electrons. The molecule has 2 aromatic heterocycles. The van der Waals surface area contributed by atoms with Crippen molar-refractivity contribution in [2.75, 3.05) is 12.9 Å². The summed E-state index contributed by atoms with van der Waals surface area (Å²) in [5, 5.41) is 14.2. The molecule has 8 heteroatoms. The van der Waals surface area contributed by atoms with Gasteiger partial charge in [0, 0.05) is 17.5 Å². The number of benzene rings is 1. The van der Waals surface area contributed by atoms with E-state index in [1.54, 1.807) is 18.4 Å². The van der Waals surface area contributed by atoms with Crippen molar-refractivity contribution in [2.24, 2.45) is 7.05 Å². The van der Waals surface area contributed by atoms with E-state index >= 15 is 0 Å². The van der Waals surface area contributed by atoms with Crippen LogP contribution in [-0.2, 0) is 11.8 Å². The second-order valence-electron chi connectivity index (χ2n) is 5.69. The van der Waals surface area contributed by atoms with Gasteiger partial charge in [0.25, 0.3) is 0 Å². The van der Waals surface area contributed by atoms with Gasteiger partial charge < -0.3 is 14.6 Å². The van der Waals surface area contributed by atoms with Crippen molar-refractivity contribution < 1.29 is 9.53 Å². The van der Waals surface area contributed by atoms with Crippen molar-refractivity contribution in [2.45, 2.75) is 18.1 Å². The van der Waals surface area contributed by atoms with Gasteiger partial charge in [-0.2, -0.15) is 0 Å². The van der Waals surface area contributed by atoms with E-state index in [1.807, 2.05) is 60.3 Å². The molecule has 0 aliphatic heterocycles. The number of methoxy groups -OCH3 is 1. The summed E-state index contributed by atoms with van der Waals surface area (Å²) in [5.74, 6) is 1.82. The zero-order valence-electron chi connectivity index (χ0n) is 14.8. The summed E-state index contributed by atoms with van der Waals surface area (Å²) in [5.41, 5.74) is 0.948. The predicted octanol–water partition coefficient (Wildman–Crippen LogP) is 3.52. The Hall–Kier alpha value is -2.32. The largest absolute Gasteiger partial charge is 0.497 e. The number of nitrogens with zero attached hydrogens (tertiary/aromatic N) is 3. The summed E-state index contributed by atoms with van der Waals surface area (Å²) >= 11 is 3.01. The van der Waals surface area contributed by atoms with Crippen LogP contribution in [0.2, 0.25) is 0 Å². The molecule has 0 fully saturated rings. The Morgan fingerprint density at radius 2 is 2.08 bits per heavy atom. The SMILES string of the molecule is COc1ccc(-c2nnc(SCC(=O)N[C@@H](C)c3cccs3)n2C)cc1. The number of nitrogens with one attached hydrogen (secondary N) is 1. The van der Waals surface area contributed by atoms with Crippen molar-refractivity contribution >= 4 is 29.0 Å². The third kappa shape index (κ3) is 4.25. The Morgan fingerprint density at radius 1 is 1.31 bits per heavy atom. The molecule has 1 amide bonds. The average molecular weight is 389 g/mol. The monoisotopic (exact) mass is 388 g/mol. The maximum Gasteiger partial charge on any atom is 0.230 e. The van der Waals surface area contributed by atoms with Crippen molar-refractivity contribution in [3.8, 4) is 17.1 Å². The van der Waals surface area contributed by atoms with Crippen LogP contribution in [0.3, 0.4) is 0 Å². The van der Waals surface area contributed by atoms with Crippen LogP contribution >= 0.6 is 23.1 Å². The summed E-state index contributed by atoms with van der Waals surface area (Å²) in [4.78, 5) is 13.3. The van der Waals surface area contributed by atoms with Crippen molar-refractivity contribution in [1.82, 2.24) is 20.1 Å². The van der Waals surface area contributed by atoms with E-state index in [-0.39, 0.29) is 11.9 Å². The van der Waals surface area contributed by atoms with Gasteiger partial charge in [-0.05, 0) is 42.6 Å². The molecule has 1 N–H and O–H groups in total. The molecule has 0 unspecified atom stereocenters. The number of aromatic nitrogens is 3. The van der Waals surface area contributed by atoms with Crippen molar-refractivity contribution in [3.05, 3.63) is 46.7 Å². The van der Waals surface area contributed by atoms with E-state index in [2.05, 4.69) is 15.5 Å². The number of hydrogen-bond acceptors (Lipinski definition) is 6. The standard InChI is InChI=1S/C18H20N4O2S2/c1-12(15-5-4-10-25-15)19-16(23)11-26-18-21-20-17(22(18)2)13-6-8-14(24-3)9-7-13/h4-10,12H,11H2,1-3H3,(H,19,23)/t12-/m0/s1. The van der Waals surface area contributed by atoms with Crippen LogP contribution in [0.1, 0.15) is 17.8 Å². The Kier molecular flexibility index (Phi) is 5.95. The Balaban J connectivity index is 1.60. The Bertz CT molecular complexity index is 860. The first-order valence-corrected chi connectivity index (χ1v) is 9.94. The van der Waals surface area contributed by atoms with Crippen LogP contribution < -0.4 is 10.1 Å². The molecular formula is C18H20N4O2S2. The number of rotatable bonds is 7. The highest BCUT2D eigenvalue weighted by Crippen LogP contribution is 2.24. The highest BCUT2D eigenvalue weighted by Gasteiger charge is 2.15. The molecule has 0 aliphatic carbocycles. The minimum absolute atomic E-state index is 0.0115. The number of amides is 1. The van der Waals surface area contributed by atoms with E-state index in [4.69, 9.17) is 4.74 Å². The van der Waals surface area contributed by atoms with Crippen LogP contribution in [0, 0.1) is 0 Å². The number of carbonyl (C=O) groups excluding carboxylic acids is 1. The first kappa shape index (κ1) is 18.5. The van der Waals surface area contributed by atoms with Gasteiger partial charge in [0.1, 0.15) is 5.75 Å². The highest BCUT2D eigenvalue weighted by atomic mass is 32.2. The lowest BCUT2D eigenvalue weighted by Gasteiger charge is -2.11. The molecule has 2 heterocycles. The van der Waals surface area contributed by atoms with Crippen molar-refractivity contribution in [1.29, 1.82) is 0 Å². The molecule has 0 aliphatic rings. The van der Waals surface area contributed by atoms with E-state index in [9.17, 15) is 4.79 Å². The van der Waals surface area contributed by atoms with Gasteiger partial charge in [-0.3, -0.25) is 4.79 Å². The average Bonchev–Trinajstić information content (AvgIpc) is 3.30. The predicted molar refractivity (Wildman–Crippen MR) is 105 cm³/mol. The lowest BCUT2D eigenvalue weighted by atomic mass is 10.2. The number of ether oxygens (including phenoxy) is 1. The summed E-state index contributed by atoms with van der Waals surface area (Å²) < 4.78 is 7.06. The third-order valence-corrected chi connectivity index (χ3v) is 5.94. The summed E-state index contributed by atoms with van der Waals surface area (Å²) in [7, 11) is 3.53. The van der Waals surface area contributed by atoms with Gasteiger partial charge in [-0.15, -0.1) is 21.5 Å². The minimum atomic E-state index is -0.0232. The second kappa shape index (κ2) is 8.37. The zero-order chi connectivity index (χ0) is 18.5. The van der Waals surface area contributed by atoms with Gasteiger partial charge in [0.15, 0.2) is 11.0 Å². The zero-order valence-corrected chi connectivity index (χ0v) is 16.4. The van der Waals surface area contributed by atoms with Gasteiger partial charge in [-0.1, -0.05) is 17.8 Å². The fourth-order valence-electron chi connectivity index (χ4n) is 2.45. The number of carbonyl (C=O) groups is 1. The molecule has 26 heavy (non-hydrogen) atoms. The molecule has 3 aromatic rings. The molecular weight excluding hydrogens is 368 g/mol. The quantitative estimate of drug-likeness (QED) is 0.627. The molecule has 136 valence electrons. The number of hydrogen-bond donors (Lipinski definition) is 1. The van der Waals surface area contributed by atoms with Gasteiger partial charge in [-0.25, -0.2) is 0 Å². The highest BCUT2D eigenvalue weighted by molar-refractivity contribution is 7.99. The molecule has 0 saturated carbocycles. The van der Waals surface area contributed by atoms with E-state index in [0.29, 0.717) is 10.9 Å². The molecule has 6 nitrogen and oxygen atoms in total. The number of thioether (sulfide) groups is 1. The van der Waals surface area contributed by atoms with Crippen LogP contribution in [0.25, 0.3) is 11.4 Å². The van der Waals surface area contributed by atoms with Gasteiger partial charge in [0.2, 0.25) is 5.91 Å². The minimum Gasteiger partial charge on any atom is -0.497 e. The fraction of sp³-hybridized carbons (Fsp3) is 0.278. The van der Waals surface area contributed by atoms with Crippen LogP contribution in [-0.4, -0.2) is 33.5 Å². The molecule has 1 atom stereocenters.